The van der Waals surface area contributed by atoms with Gasteiger partial charge >= 0.3 is 0 Å². The average Bonchev–Trinajstić information content (AvgIpc) is 2.62. The van der Waals surface area contributed by atoms with Crippen LogP contribution in [0.15, 0.2) is 53.3 Å². The largest absolute Gasteiger partial charge is 0.358 e. The van der Waals surface area contributed by atoms with Crippen LogP contribution in [0.5, 0.6) is 0 Å². The highest BCUT2D eigenvalue weighted by Crippen LogP contribution is 2.18. The Morgan fingerprint density at radius 3 is 2.88 bits per heavy atom. The fourth-order valence-electron chi connectivity index (χ4n) is 3.54. The van der Waals surface area contributed by atoms with Crippen LogP contribution in [0.25, 0.3) is 10.9 Å². The van der Waals surface area contributed by atoms with Gasteiger partial charge in [0.25, 0.3) is 0 Å². The molecular weight excluding hydrogens is 326 g/mol. The number of aromatic amines is 1. The van der Waals surface area contributed by atoms with E-state index >= 15 is 0 Å². The van der Waals surface area contributed by atoms with E-state index in [1.165, 1.54) is 0 Å². The van der Waals surface area contributed by atoms with Crippen LogP contribution in [0.3, 0.4) is 0 Å². The first-order chi connectivity index (χ1) is 12.6. The number of aromatic nitrogens is 1. The normalized spacial score (nSPS) is 14.2. The number of nitrogens with zero attached hydrogens (tertiary/aromatic N) is 1. The van der Waals surface area contributed by atoms with E-state index in [9.17, 15) is 9.59 Å². The third-order valence-electron chi connectivity index (χ3n) is 4.82. The summed E-state index contributed by atoms with van der Waals surface area (Å²) in [7, 11) is 0. The lowest BCUT2D eigenvalue weighted by Crippen LogP contribution is -2.39. The number of amides is 1. The number of fused-ring (bicyclic) bond motifs is 2. The minimum absolute atomic E-state index is 0.0590. The number of anilines is 1. The van der Waals surface area contributed by atoms with Crippen molar-refractivity contribution in [1.29, 1.82) is 0 Å². The third-order valence-corrected chi connectivity index (χ3v) is 4.82. The fraction of sp³-hybridized carbons (Fsp3) is 0.238. The highest BCUT2D eigenvalue weighted by atomic mass is 16.2. The number of pyridine rings is 1. The molecule has 0 fully saturated rings. The van der Waals surface area contributed by atoms with Gasteiger partial charge < -0.3 is 10.3 Å². The second-order valence-corrected chi connectivity index (χ2v) is 6.84. The zero-order valence-electron chi connectivity index (χ0n) is 14.7. The van der Waals surface area contributed by atoms with Crippen LogP contribution in [-0.4, -0.2) is 28.9 Å². The van der Waals surface area contributed by atoms with Crippen molar-refractivity contribution in [2.45, 2.75) is 19.9 Å². The van der Waals surface area contributed by atoms with Gasteiger partial charge in [0.15, 0.2) is 5.43 Å². The van der Waals surface area contributed by atoms with Crippen molar-refractivity contribution in [3.8, 4) is 0 Å². The van der Waals surface area contributed by atoms with Gasteiger partial charge in [-0.05, 0) is 36.8 Å². The number of aryl methyl sites for hydroxylation is 1. The Bertz CT molecular complexity index is 1040. The van der Waals surface area contributed by atoms with E-state index in [1.807, 2.05) is 60.4 Å². The number of hydrogen-bond acceptors (Lipinski definition) is 3. The average molecular weight is 347 g/mol. The molecule has 2 heterocycles. The van der Waals surface area contributed by atoms with Crippen molar-refractivity contribution in [1.82, 2.24) is 9.88 Å². The quantitative estimate of drug-likeness (QED) is 0.766. The highest BCUT2D eigenvalue weighted by Gasteiger charge is 2.22. The molecule has 26 heavy (non-hydrogen) atoms. The number of rotatable bonds is 3. The van der Waals surface area contributed by atoms with Gasteiger partial charge in [0.05, 0.1) is 6.54 Å². The molecule has 132 valence electrons. The first-order valence-corrected chi connectivity index (χ1v) is 8.82. The number of H-pyrrole nitrogens is 1. The molecule has 4 rings (SSSR count). The highest BCUT2D eigenvalue weighted by molar-refractivity contribution is 5.92. The van der Waals surface area contributed by atoms with Gasteiger partial charge in [-0.2, -0.15) is 0 Å². The SMILES string of the molecule is Cc1cccc(NC(=O)CN2CCc3[nH]c4ccccc4c(=O)c3C2)c1. The standard InChI is InChI=1S/C21H21N3O2/c1-14-5-4-6-15(11-14)22-20(25)13-24-10-9-19-17(12-24)21(26)16-7-2-3-8-18(16)23-19/h2-8,11H,9-10,12-13H2,1H3,(H,22,25)(H,23,26). The van der Waals surface area contributed by atoms with Gasteiger partial charge in [-0.1, -0.05) is 24.3 Å². The molecule has 1 aliphatic heterocycles. The molecule has 0 unspecified atom stereocenters. The minimum Gasteiger partial charge on any atom is -0.358 e. The summed E-state index contributed by atoms with van der Waals surface area (Å²) in [6.07, 6.45) is 0.743. The predicted molar refractivity (Wildman–Crippen MR) is 103 cm³/mol. The number of benzene rings is 2. The van der Waals surface area contributed by atoms with Crippen LogP contribution in [0.2, 0.25) is 0 Å². The first-order valence-electron chi connectivity index (χ1n) is 8.82. The first kappa shape index (κ1) is 16.5. The number of carbonyl (C=O) groups is 1. The molecule has 5 nitrogen and oxygen atoms in total. The molecule has 2 N–H and O–H groups in total. The fourth-order valence-corrected chi connectivity index (χ4v) is 3.54. The Kier molecular flexibility index (Phi) is 4.31. The van der Waals surface area contributed by atoms with Gasteiger partial charge in [0.1, 0.15) is 0 Å². The lowest BCUT2D eigenvalue weighted by molar-refractivity contribution is -0.117. The van der Waals surface area contributed by atoms with Gasteiger partial charge in [-0.25, -0.2) is 0 Å². The molecule has 5 heteroatoms. The summed E-state index contributed by atoms with van der Waals surface area (Å²) in [4.78, 5) is 30.6. The topological polar surface area (TPSA) is 65.2 Å². The summed E-state index contributed by atoms with van der Waals surface area (Å²) < 4.78 is 0. The molecular formula is C21H21N3O2. The maximum Gasteiger partial charge on any atom is 0.238 e. The molecule has 1 aliphatic rings. The monoisotopic (exact) mass is 347 g/mol. The van der Waals surface area contributed by atoms with Crippen LogP contribution < -0.4 is 10.7 Å². The van der Waals surface area contributed by atoms with Gasteiger partial charge in [-0.3, -0.25) is 14.5 Å². The van der Waals surface area contributed by atoms with Crippen molar-refractivity contribution < 1.29 is 4.79 Å². The Balaban J connectivity index is 1.50. The second-order valence-electron chi connectivity index (χ2n) is 6.84. The molecule has 0 saturated carbocycles. The zero-order valence-corrected chi connectivity index (χ0v) is 14.7. The summed E-state index contributed by atoms with van der Waals surface area (Å²) in [6, 6.07) is 15.3. The molecule has 0 radical (unpaired) electrons. The van der Waals surface area contributed by atoms with E-state index in [2.05, 4.69) is 10.3 Å². The predicted octanol–water partition coefficient (Wildman–Crippen LogP) is 2.83. The van der Waals surface area contributed by atoms with Gasteiger partial charge in [0.2, 0.25) is 5.91 Å². The summed E-state index contributed by atoms with van der Waals surface area (Å²) in [5.74, 6) is -0.0590. The molecule has 2 aromatic carbocycles. The summed E-state index contributed by atoms with van der Waals surface area (Å²) in [5, 5.41) is 3.64. The van der Waals surface area contributed by atoms with E-state index in [0.717, 1.165) is 41.0 Å². The summed E-state index contributed by atoms with van der Waals surface area (Å²) in [6.45, 7) is 3.52. The Morgan fingerprint density at radius 1 is 1.19 bits per heavy atom. The minimum atomic E-state index is -0.0590. The van der Waals surface area contributed by atoms with Gasteiger partial charge in [0, 0.05) is 47.4 Å². The Labute approximate surface area is 151 Å². The zero-order chi connectivity index (χ0) is 18.1. The van der Waals surface area contributed by atoms with Crippen molar-refractivity contribution in [3.63, 3.8) is 0 Å². The summed E-state index contributed by atoms with van der Waals surface area (Å²) in [5.41, 5.74) is 4.62. The van der Waals surface area contributed by atoms with E-state index < -0.39 is 0 Å². The van der Waals surface area contributed by atoms with E-state index in [1.54, 1.807) is 0 Å². The smallest absolute Gasteiger partial charge is 0.238 e. The third kappa shape index (κ3) is 3.26. The Hall–Kier alpha value is -2.92. The van der Waals surface area contributed by atoms with Crippen molar-refractivity contribution in [3.05, 3.63) is 75.6 Å². The lowest BCUT2D eigenvalue weighted by atomic mass is 10.0. The van der Waals surface area contributed by atoms with Crippen LogP contribution in [0, 0.1) is 6.92 Å². The number of hydrogen-bond donors (Lipinski definition) is 2. The van der Waals surface area contributed by atoms with Crippen molar-refractivity contribution in [2.24, 2.45) is 0 Å². The van der Waals surface area contributed by atoms with Crippen LogP contribution in [0.4, 0.5) is 5.69 Å². The number of para-hydroxylation sites is 1. The van der Waals surface area contributed by atoms with E-state index in [-0.39, 0.29) is 17.9 Å². The molecule has 0 aliphatic carbocycles. The maximum absolute atomic E-state index is 12.8. The van der Waals surface area contributed by atoms with Crippen LogP contribution >= 0.6 is 0 Å². The van der Waals surface area contributed by atoms with E-state index in [4.69, 9.17) is 0 Å². The Morgan fingerprint density at radius 2 is 2.04 bits per heavy atom. The maximum atomic E-state index is 12.8. The van der Waals surface area contributed by atoms with Crippen LogP contribution in [0.1, 0.15) is 16.8 Å². The van der Waals surface area contributed by atoms with Crippen molar-refractivity contribution >= 4 is 22.5 Å². The summed E-state index contributed by atoms with van der Waals surface area (Å²) >= 11 is 0. The molecule has 0 saturated heterocycles. The molecule has 1 amide bonds. The second kappa shape index (κ2) is 6.77. The van der Waals surface area contributed by atoms with Crippen LogP contribution in [-0.2, 0) is 17.8 Å². The van der Waals surface area contributed by atoms with Crippen molar-refractivity contribution in [2.75, 3.05) is 18.4 Å². The number of carbonyl (C=O) groups excluding carboxylic acids is 1. The molecule has 0 atom stereocenters. The molecule has 0 spiro atoms. The molecule has 0 bridgehead atoms. The van der Waals surface area contributed by atoms with Gasteiger partial charge in [-0.15, -0.1) is 0 Å². The molecule has 3 aromatic rings. The number of nitrogens with one attached hydrogen (secondary N) is 2. The van der Waals surface area contributed by atoms with E-state index in [0.29, 0.717) is 11.9 Å². The molecule has 1 aromatic heterocycles. The lowest BCUT2D eigenvalue weighted by Gasteiger charge is -2.27.